The normalized spacial score (nSPS) is 13.1. The lowest BCUT2D eigenvalue weighted by atomic mass is 10.1. The van der Waals surface area contributed by atoms with E-state index in [9.17, 15) is 27.5 Å². The number of halogens is 5. The SMILES string of the molecule is CC/C=C\CCC(O)C#CC(C)(F)F.CCCCCC(C#CC(F)(F)Br)OC(C)=O. The van der Waals surface area contributed by atoms with Crippen molar-refractivity contribution in [2.75, 3.05) is 0 Å². The zero-order valence-electron chi connectivity index (χ0n) is 17.9. The predicted octanol–water partition coefficient (Wildman–Crippen LogP) is 6.24. The number of ether oxygens (including phenoxy) is 1. The van der Waals surface area contributed by atoms with Crippen LogP contribution >= 0.6 is 15.9 Å². The van der Waals surface area contributed by atoms with Crippen molar-refractivity contribution in [1.82, 2.24) is 0 Å². The molecule has 0 radical (unpaired) electrons. The number of esters is 1. The third kappa shape index (κ3) is 26.5. The van der Waals surface area contributed by atoms with E-state index >= 15 is 0 Å². The Bertz CT molecular complexity index is 617. The molecule has 0 saturated carbocycles. The van der Waals surface area contributed by atoms with Gasteiger partial charge in [0.2, 0.25) is 0 Å². The van der Waals surface area contributed by atoms with Crippen molar-refractivity contribution in [2.24, 2.45) is 0 Å². The molecule has 2 atom stereocenters. The van der Waals surface area contributed by atoms with Crippen LogP contribution in [-0.2, 0) is 9.53 Å². The average Bonchev–Trinajstić information content (AvgIpc) is 2.60. The number of unbranched alkanes of at least 4 members (excludes halogenated alkanes) is 2. The smallest absolute Gasteiger partial charge is 0.363 e. The van der Waals surface area contributed by atoms with Crippen LogP contribution in [0.5, 0.6) is 0 Å². The molecule has 0 aromatic carbocycles. The van der Waals surface area contributed by atoms with Crippen LogP contribution in [0, 0.1) is 23.7 Å². The summed E-state index contributed by atoms with van der Waals surface area (Å²) in [7, 11) is 0. The zero-order chi connectivity index (χ0) is 23.6. The fraction of sp³-hybridized carbons (Fsp3) is 0.682. The highest BCUT2D eigenvalue weighted by molar-refractivity contribution is 9.10. The number of alkyl halides is 5. The van der Waals surface area contributed by atoms with Gasteiger partial charge in [-0.1, -0.05) is 50.7 Å². The Kier molecular flexibility index (Phi) is 17.6. The van der Waals surface area contributed by atoms with E-state index in [0.717, 1.165) is 25.7 Å². The molecular weight excluding hydrogens is 468 g/mol. The molecule has 0 aliphatic carbocycles. The first kappa shape index (κ1) is 30.7. The van der Waals surface area contributed by atoms with Crippen molar-refractivity contribution >= 4 is 21.9 Å². The third-order valence-corrected chi connectivity index (χ3v) is 3.42. The Morgan fingerprint density at radius 1 is 1.10 bits per heavy atom. The van der Waals surface area contributed by atoms with Gasteiger partial charge in [-0.3, -0.25) is 4.79 Å². The van der Waals surface area contributed by atoms with Crippen molar-refractivity contribution in [3.8, 4) is 23.7 Å². The first-order chi connectivity index (χ1) is 13.8. The van der Waals surface area contributed by atoms with E-state index < -0.39 is 28.9 Å². The standard InChI is InChI=1S/C11H15BrF2O2.C11H16F2O/c1-3-4-5-6-10(16-9(2)15)7-8-11(12,13)14;1-3-4-5-6-7-10(14)8-9-11(2,12)13/h10H,3-6H2,1-2H3;4-5,10,14H,3,6-7H2,1-2H3/b;5-4-. The molecule has 0 bridgehead atoms. The largest absolute Gasteiger partial charge is 0.449 e. The summed E-state index contributed by atoms with van der Waals surface area (Å²) in [5.74, 6) is 4.28. The molecule has 0 heterocycles. The van der Waals surface area contributed by atoms with Crippen molar-refractivity contribution < 1.29 is 32.2 Å². The van der Waals surface area contributed by atoms with Gasteiger partial charge in [0.25, 0.3) is 0 Å². The summed E-state index contributed by atoms with van der Waals surface area (Å²) in [6, 6.07) is 0. The molecule has 0 fully saturated rings. The fourth-order valence-electron chi connectivity index (χ4n) is 1.92. The van der Waals surface area contributed by atoms with E-state index in [2.05, 4.69) is 27.8 Å². The molecule has 0 saturated heterocycles. The highest BCUT2D eigenvalue weighted by Crippen LogP contribution is 2.20. The highest BCUT2D eigenvalue weighted by atomic mass is 79.9. The summed E-state index contributed by atoms with van der Waals surface area (Å²) in [5.41, 5.74) is 0. The van der Waals surface area contributed by atoms with E-state index in [0.29, 0.717) is 26.2 Å². The summed E-state index contributed by atoms with van der Waals surface area (Å²) in [6.07, 6.45) is 7.45. The molecule has 0 aromatic rings. The fourth-order valence-corrected chi connectivity index (χ4v) is 2.04. The number of allylic oxidation sites excluding steroid dienone is 2. The minimum Gasteiger partial charge on any atom is -0.449 e. The second-order valence-corrected chi connectivity index (χ2v) is 7.49. The van der Waals surface area contributed by atoms with Crippen molar-refractivity contribution in [2.45, 2.75) is 95.6 Å². The minimum atomic E-state index is -3.23. The summed E-state index contributed by atoms with van der Waals surface area (Å²) >= 11 is 2.11. The number of hydrogen-bond acceptors (Lipinski definition) is 3. The minimum absolute atomic E-state index is 0.402. The molecule has 0 spiro atoms. The number of aliphatic hydroxyl groups excluding tert-OH is 1. The van der Waals surface area contributed by atoms with Crippen LogP contribution < -0.4 is 0 Å². The summed E-state index contributed by atoms with van der Waals surface area (Å²) < 4.78 is 54.1. The van der Waals surface area contributed by atoms with E-state index in [4.69, 9.17) is 4.74 Å². The molecule has 3 nitrogen and oxygen atoms in total. The molecule has 0 amide bonds. The second kappa shape index (κ2) is 17.2. The van der Waals surface area contributed by atoms with Gasteiger partial charge in [0.05, 0.1) is 0 Å². The predicted molar refractivity (Wildman–Crippen MR) is 114 cm³/mol. The molecular formula is C22H31BrF4O3. The van der Waals surface area contributed by atoms with Crippen LogP contribution in [0.4, 0.5) is 17.6 Å². The highest BCUT2D eigenvalue weighted by Gasteiger charge is 2.20. The van der Waals surface area contributed by atoms with Gasteiger partial charge >= 0.3 is 16.7 Å². The van der Waals surface area contributed by atoms with Crippen LogP contribution in [0.2, 0.25) is 0 Å². The van der Waals surface area contributed by atoms with Crippen molar-refractivity contribution in [3.63, 3.8) is 0 Å². The van der Waals surface area contributed by atoms with Gasteiger partial charge in [-0.05, 0) is 43.9 Å². The van der Waals surface area contributed by atoms with Gasteiger partial charge in [-0.2, -0.15) is 17.6 Å². The lowest BCUT2D eigenvalue weighted by Gasteiger charge is -2.10. The van der Waals surface area contributed by atoms with Gasteiger partial charge in [0.1, 0.15) is 6.10 Å². The van der Waals surface area contributed by atoms with E-state index in [1.54, 1.807) is 11.8 Å². The molecule has 0 aromatic heterocycles. The number of carbonyl (C=O) groups is 1. The number of hydrogen-bond donors (Lipinski definition) is 1. The van der Waals surface area contributed by atoms with Gasteiger partial charge in [-0.15, -0.1) is 0 Å². The molecule has 30 heavy (non-hydrogen) atoms. The quantitative estimate of drug-likeness (QED) is 0.102. The topological polar surface area (TPSA) is 46.5 Å². The molecule has 2 unspecified atom stereocenters. The number of carbonyl (C=O) groups excluding carboxylic acids is 1. The van der Waals surface area contributed by atoms with Crippen LogP contribution in [0.1, 0.15) is 72.6 Å². The van der Waals surface area contributed by atoms with Crippen molar-refractivity contribution in [3.05, 3.63) is 12.2 Å². The molecule has 1 N–H and O–H groups in total. The molecule has 0 aliphatic heterocycles. The Morgan fingerprint density at radius 3 is 2.20 bits per heavy atom. The Hall–Kier alpha value is -1.51. The number of aliphatic hydroxyl groups is 1. The van der Waals surface area contributed by atoms with Gasteiger partial charge < -0.3 is 9.84 Å². The molecule has 0 aliphatic rings. The van der Waals surface area contributed by atoms with E-state index in [-0.39, 0.29) is 0 Å². The van der Waals surface area contributed by atoms with E-state index in [1.807, 2.05) is 26.0 Å². The Balaban J connectivity index is 0. The maximum atomic E-state index is 12.4. The van der Waals surface area contributed by atoms with Crippen LogP contribution in [0.3, 0.4) is 0 Å². The molecule has 8 heteroatoms. The first-order valence-electron chi connectivity index (χ1n) is 9.80. The van der Waals surface area contributed by atoms with Crippen LogP contribution in [-0.4, -0.2) is 34.0 Å². The lowest BCUT2D eigenvalue weighted by molar-refractivity contribution is -0.144. The monoisotopic (exact) mass is 498 g/mol. The summed E-state index contributed by atoms with van der Waals surface area (Å²) in [6.45, 7) is 5.98. The number of rotatable bonds is 9. The summed E-state index contributed by atoms with van der Waals surface area (Å²) in [4.78, 5) is 7.50. The maximum Gasteiger partial charge on any atom is 0.363 e. The van der Waals surface area contributed by atoms with Gasteiger partial charge in [0, 0.05) is 29.8 Å². The average molecular weight is 499 g/mol. The van der Waals surface area contributed by atoms with Crippen molar-refractivity contribution in [1.29, 1.82) is 0 Å². The molecule has 0 rings (SSSR count). The first-order valence-corrected chi connectivity index (χ1v) is 10.6. The van der Waals surface area contributed by atoms with E-state index in [1.165, 1.54) is 6.92 Å². The van der Waals surface area contributed by atoms with Gasteiger partial charge in [-0.25, -0.2) is 0 Å². The zero-order valence-corrected chi connectivity index (χ0v) is 19.5. The maximum absolute atomic E-state index is 12.4. The second-order valence-electron chi connectivity index (χ2n) is 6.49. The van der Waals surface area contributed by atoms with Crippen LogP contribution in [0.15, 0.2) is 12.2 Å². The lowest BCUT2D eigenvalue weighted by Crippen LogP contribution is -2.15. The Labute approximate surface area is 185 Å². The van der Waals surface area contributed by atoms with Gasteiger partial charge in [0.15, 0.2) is 6.10 Å². The molecule has 172 valence electrons. The Morgan fingerprint density at radius 2 is 1.73 bits per heavy atom. The van der Waals surface area contributed by atoms with Crippen LogP contribution in [0.25, 0.3) is 0 Å². The third-order valence-electron chi connectivity index (χ3n) is 3.22. The summed E-state index contributed by atoms with van der Waals surface area (Å²) in [5, 5.41) is 9.17.